The molecule has 0 heterocycles. The summed E-state index contributed by atoms with van der Waals surface area (Å²) in [5, 5.41) is 127. The van der Waals surface area contributed by atoms with Crippen molar-refractivity contribution in [1.29, 1.82) is 0 Å². The van der Waals surface area contributed by atoms with Crippen LogP contribution in [0.25, 0.3) is 0 Å². The molecule has 0 bridgehead atoms. The second-order valence-electron chi connectivity index (χ2n) is 15.3. The van der Waals surface area contributed by atoms with Crippen LogP contribution in [-0.4, -0.2) is 257 Å². The lowest BCUT2D eigenvalue weighted by Crippen LogP contribution is -2.51. The summed E-state index contributed by atoms with van der Waals surface area (Å²) in [6, 6.07) is -3.77. The number of carbonyl (C=O) groups is 10. The Hall–Kier alpha value is -5.84. The number of aliphatic hydroxyl groups is 8. The van der Waals surface area contributed by atoms with Gasteiger partial charge in [-0.3, -0.25) is 28.8 Å². The monoisotopic (exact) mass is 1110 g/mol. The molecule has 0 aromatic heterocycles. The Morgan fingerprint density at radius 1 is 0.459 bits per heavy atom. The van der Waals surface area contributed by atoms with Crippen molar-refractivity contribution in [3.8, 4) is 0 Å². The van der Waals surface area contributed by atoms with Crippen molar-refractivity contribution in [2.45, 2.75) is 113 Å². The van der Waals surface area contributed by atoms with Gasteiger partial charge in [0.25, 0.3) is 0 Å². The Kier molecular flexibility index (Phi) is 41.9. The van der Waals surface area contributed by atoms with E-state index >= 15 is 0 Å². The van der Waals surface area contributed by atoms with Gasteiger partial charge in [-0.2, -0.15) is 42.7 Å². The Balaban J connectivity index is -0.000000597. The van der Waals surface area contributed by atoms with E-state index in [1.54, 1.807) is 26.4 Å². The SMILES string of the molecule is CN[C@@H](C)C(=O)C[C@@H](CC(=O)NC[C@H](O)[C@@H](O)[C@H](O)[C@H](O)C(=O)O)C(=O)N[C@@H](CSC)C(=O)O.CN[C@@H](C)C(=O)C[C@H](CC(=O)NC[C@H](O)[C@@H](O)[C@H](O)[C@H](O)C(=O)O)C(=O)N[C@@H](CSC)C(=O)O.O=C=O.O=C=O. The van der Waals surface area contributed by atoms with E-state index in [4.69, 9.17) is 29.4 Å². The number of aliphatic carboxylic acids is 4. The van der Waals surface area contributed by atoms with Crippen molar-refractivity contribution in [2.75, 3.05) is 51.2 Å². The second-order valence-corrected chi connectivity index (χ2v) is 17.1. The van der Waals surface area contributed by atoms with Crippen molar-refractivity contribution in [2.24, 2.45) is 11.8 Å². The van der Waals surface area contributed by atoms with E-state index < -0.39 is 170 Å². The number of rotatable bonds is 34. The molecule has 0 fully saturated rings. The largest absolute Gasteiger partial charge is 0.480 e. The maximum absolute atomic E-state index is 12.6. The summed E-state index contributed by atoms with van der Waals surface area (Å²) in [5.41, 5.74) is 0. The molecular weight excluding hydrogens is 1040 g/mol. The minimum absolute atomic E-state index is 0.0510. The summed E-state index contributed by atoms with van der Waals surface area (Å²) in [4.78, 5) is 151. The minimum Gasteiger partial charge on any atom is -0.480 e. The van der Waals surface area contributed by atoms with Gasteiger partial charge in [-0.1, -0.05) is 0 Å². The number of hydrogen-bond acceptors (Lipinski definition) is 26. The Morgan fingerprint density at radius 3 is 0.946 bits per heavy atom. The van der Waals surface area contributed by atoms with Crippen LogP contribution in [0, 0.1) is 11.8 Å². The van der Waals surface area contributed by atoms with Gasteiger partial charge in [0.2, 0.25) is 23.6 Å². The molecule has 4 amide bonds. The zero-order valence-corrected chi connectivity index (χ0v) is 42.3. The number of hydrogen-bond donors (Lipinski definition) is 18. The highest BCUT2D eigenvalue weighted by atomic mass is 32.2. The van der Waals surface area contributed by atoms with E-state index in [-0.39, 0.29) is 36.7 Å². The van der Waals surface area contributed by atoms with Gasteiger partial charge in [0.15, 0.2) is 12.2 Å². The zero-order chi connectivity index (χ0) is 58.6. The molecule has 34 heteroatoms. The van der Waals surface area contributed by atoms with E-state index in [0.29, 0.717) is 0 Å². The van der Waals surface area contributed by atoms with Crippen LogP contribution in [0.2, 0.25) is 0 Å². The van der Waals surface area contributed by atoms with Gasteiger partial charge in [0.05, 0.1) is 36.1 Å². The third-order valence-corrected chi connectivity index (χ3v) is 11.2. The summed E-state index contributed by atoms with van der Waals surface area (Å²) >= 11 is 2.34. The standard InChI is InChI=1S/2C19H33N3O11S.2CO2/c2*1-8(20-2)11(23)4-9(17(29)22-10(7-34-3)18(30)31)5-13(25)21-6-12(24)14(26)15(27)16(28)19(32)33;2*2-1-3/h2*8-10,12,14-16,20,24,26-28H,4-7H2,1-3H3,(H,21,25)(H,22,29)(H,30,31)(H,32,33);;/t8-,9+,10-,12-,14+,15-,16-;8-,9-,10-,12-,14+,15-,16-;;/m00../s1. The molecule has 0 unspecified atom stereocenters. The van der Waals surface area contributed by atoms with Crippen LogP contribution in [0.3, 0.4) is 0 Å². The average Bonchev–Trinajstić information content (AvgIpc) is 3.34. The Bertz CT molecular complexity index is 1740. The van der Waals surface area contributed by atoms with Crippen LogP contribution in [0.15, 0.2) is 0 Å². The van der Waals surface area contributed by atoms with Gasteiger partial charge >= 0.3 is 36.2 Å². The smallest absolute Gasteiger partial charge is 0.373 e. The van der Waals surface area contributed by atoms with Gasteiger partial charge in [-0.15, -0.1) is 0 Å². The molecule has 14 atom stereocenters. The summed E-state index contributed by atoms with van der Waals surface area (Å²) in [7, 11) is 3.04. The molecule has 0 aromatic carbocycles. The molecule has 0 radical (unpaired) electrons. The van der Waals surface area contributed by atoms with Crippen LogP contribution in [0.1, 0.15) is 39.5 Å². The molecule has 0 aromatic rings. The first-order valence-corrected chi connectivity index (χ1v) is 24.0. The highest BCUT2D eigenvalue weighted by Crippen LogP contribution is 2.15. The van der Waals surface area contributed by atoms with Gasteiger partial charge < -0.3 is 93.2 Å². The lowest BCUT2D eigenvalue weighted by atomic mass is 9.94. The second kappa shape index (κ2) is 41.5. The van der Waals surface area contributed by atoms with Crippen molar-refractivity contribution >= 4 is 94.9 Å². The maximum atomic E-state index is 12.6. The lowest BCUT2D eigenvalue weighted by molar-refractivity contribution is -0.193. The topological polar surface area (TPSA) is 554 Å². The summed E-state index contributed by atoms with van der Waals surface area (Å²) in [5.74, 6) is -12.8. The molecule has 32 nitrogen and oxygen atoms in total. The van der Waals surface area contributed by atoms with Crippen LogP contribution >= 0.6 is 23.5 Å². The van der Waals surface area contributed by atoms with Crippen molar-refractivity contribution in [1.82, 2.24) is 31.9 Å². The highest BCUT2D eigenvalue weighted by Gasteiger charge is 2.37. The number of Topliss-reactive ketones (excluding diaryl/α,β-unsaturated/α-hetero) is 2. The van der Waals surface area contributed by atoms with E-state index in [2.05, 4.69) is 31.9 Å². The number of amides is 4. The lowest BCUT2D eigenvalue weighted by Gasteiger charge is -2.25. The predicted octanol–water partition coefficient (Wildman–Crippen LogP) is -8.89. The molecule has 424 valence electrons. The van der Waals surface area contributed by atoms with Crippen molar-refractivity contribution in [3.63, 3.8) is 0 Å². The molecule has 0 saturated carbocycles. The van der Waals surface area contributed by atoms with Gasteiger partial charge in [-0.05, 0) is 40.5 Å². The third kappa shape index (κ3) is 31.7. The number of likely N-dealkylation sites (N-methyl/N-ethyl adjacent to an activating group) is 2. The van der Waals surface area contributed by atoms with E-state index in [9.17, 15) is 99.0 Å². The van der Waals surface area contributed by atoms with Crippen LogP contribution in [0.4, 0.5) is 0 Å². The number of carboxylic acids is 4. The number of ketones is 2. The normalized spacial score (nSPS) is 16.2. The summed E-state index contributed by atoms with van der Waals surface area (Å²) in [6.45, 7) is 1.73. The fourth-order valence-electron chi connectivity index (χ4n) is 5.33. The van der Waals surface area contributed by atoms with Crippen molar-refractivity contribution in [3.05, 3.63) is 0 Å². The van der Waals surface area contributed by atoms with E-state index in [1.807, 2.05) is 0 Å². The van der Waals surface area contributed by atoms with E-state index in [0.717, 1.165) is 0 Å². The van der Waals surface area contributed by atoms with Gasteiger partial charge in [0, 0.05) is 50.3 Å². The molecule has 0 aliphatic carbocycles. The maximum Gasteiger partial charge on any atom is 0.373 e. The van der Waals surface area contributed by atoms with Gasteiger partial charge in [-0.25, -0.2) is 19.2 Å². The fraction of sp³-hybridized carbons (Fsp3) is 0.700. The number of thioether (sulfide) groups is 2. The molecule has 0 rings (SSSR count). The molecule has 0 saturated heterocycles. The Morgan fingerprint density at radius 2 is 0.730 bits per heavy atom. The zero-order valence-electron chi connectivity index (χ0n) is 40.6. The number of carbonyl (C=O) groups excluding carboxylic acids is 10. The minimum atomic E-state index is -2.38. The van der Waals surface area contributed by atoms with E-state index in [1.165, 1.54) is 37.6 Å². The molecular formula is C40H66N6O26S2. The van der Waals surface area contributed by atoms with Crippen LogP contribution < -0.4 is 31.9 Å². The molecule has 0 aliphatic heterocycles. The van der Waals surface area contributed by atoms with Gasteiger partial charge in [0.1, 0.15) is 48.1 Å². The van der Waals surface area contributed by atoms with Crippen molar-refractivity contribution < 1.29 is 128 Å². The first kappa shape index (κ1) is 74.7. The average molecular weight is 1110 g/mol. The molecule has 18 N–H and O–H groups in total. The number of carboxylic acid groups (broad SMARTS) is 4. The molecule has 0 aliphatic rings. The number of nitrogens with one attached hydrogen (secondary N) is 6. The third-order valence-electron chi connectivity index (χ3n) is 9.89. The fourth-order valence-corrected chi connectivity index (χ4v) is 6.45. The number of aliphatic hydroxyl groups excluding tert-OH is 8. The summed E-state index contributed by atoms with van der Waals surface area (Å²) in [6.07, 6.45) is -15.4. The quantitative estimate of drug-likeness (QED) is 0.0284. The Labute approximate surface area is 429 Å². The predicted molar refractivity (Wildman–Crippen MR) is 248 cm³/mol. The highest BCUT2D eigenvalue weighted by molar-refractivity contribution is 7.98. The molecule has 0 spiro atoms. The summed E-state index contributed by atoms with van der Waals surface area (Å²) < 4.78 is 0. The first-order chi connectivity index (χ1) is 34.3. The first-order valence-electron chi connectivity index (χ1n) is 21.2. The van der Waals surface area contributed by atoms with Crippen LogP contribution in [-0.2, 0) is 67.1 Å². The van der Waals surface area contributed by atoms with Crippen LogP contribution in [0.5, 0.6) is 0 Å². The molecule has 74 heavy (non-hydrogen) atoms.